The molecule has 0 radical (unpaired) electrons. The molecule has 1 aromatic carbocycles. The Morgan fingerprint density at radius 1 is 1.50 bits per heavy atom. The topological polar surface area (TPSA) is 63.1 Å². The second-order valence-electron chi connectivity index (χ2n) is 4.00. The summed E-state index contributed by atoms with van der Waals surface area (Å²) in [5, 5.41) is 16.4. The molecule has 0 bridgehead atoms. The Morgan fingerprint density at radius 3 is 2.94 bits per heavy atom. The molecular formula is C12H15N3O2S. The van der Waals surface area contributed by atoms with E-state index in [9.17, 15) is 5.11 Å². The lowest BCUT2D eigenvalue weighted by molar-refractivity contribution is 0.187. The van der Waals surface area contributed by atoms with Gasteiger partial charge in [0.25, 0.3) is 0 Å². The maximum Gasteiger partial charge on any atom is 0.195 e. The first-order valence-electron chi connectivity index (χ1n) is 5.57. The van der Waals surface area contributed by atoms with Gasteiger partial charge >= 0.3 is 0 Å². The number of phenolic OH excluding ortho intramolecular Hbond substituents is 1. The number of nitrogens with zero attached hydrogens (tertiary/aromatic N) is 2. The van der Waals surface area contributed by atoms with Gasteiger partial charge in [0.05, 0.1) is 13.2 Å². The quantitative estimate of drug-likeness (QED) is 0.832. The molecule has 1 aromatic heterocycles. The molecule has 0 atom stereocenters. The molecule has 0 spiro atoms. The van der Waals surface area contributed by atoms with Crippen LogP contribution < -0.4 is 0 Å². The van der Waals surface area contributed by atoms with E-state index in [1.165, 1.54) is 0 Å². The molecule has 2 N–H and O–H groups in total. The minimum absolute atomic E-state index is 0.244. The molecule has 96 valence electrons. The second-order valence-corrected chi connectivity index (χ2v) is 4.38. The number of hydrogen-bond acceptors (Lipinski definition) is 4. The smallest absolute Gasteiger partial charge is 0.195 e. The first kappa shape index (κ1) is 12.8. The van der Waals surface area contributed by atoms with Gasteiger partial charge in [0.1, 0.15) is 5.75 Å². The van der Waals surface area contributed by atoms with Crippen molar-refractivity contribution in [3.63, 3.8) is 0 Å². The van der Waals surface area contributed by atoms with Gasteiger partial charge in [-0.25, -0.2) is 0 Å². The summed E-state index contributed by atoms with van der Waals surface area (Å²) < 4.78 is 7.51. The van der Waals surface area contributed by atoms with Crippen LogP contribution in [-0.4, -0.2) is 33.6 Å². The number of phenols is 1. The fourth-order valence-electron chi connectivity index (χ4n) is 1.81. The number of aromatic nitrogens is 3. The van der Waals surface area contributed by atoms with E-state index in [-0.39, 0.29) is 5.75 Å². The van der Waals surface area contributed by atoms with Gasteiger partial charge in [0.2, 0.25) is 0 Å². The van der Waals surface area contributed by atoms with Gasteiger partial charge in [-0.1, -0.05) is 0 Å². The van der Waals surface area contributed by atoms with Crippen LogP contribution in [0.1, 0.15) is 5.56 Å². The van der Waals surface area contributed by atoms with Crippen molar-refractivity contribution in [2.24, 2.45) is 0 Å². The Labute approximate surface area is 110 Å². The van der Waals surface area contributed by atoms with E-state index >= 15 is 0 Å². The Bertz CT molecular complexity index is 604. The van der Waals surface area contributed by atoms with Crippen molar-refractivity contribution < 1.29 is 9.84 Å². The van der Waals surface area contributed by atoms with Crippen LogP contribution in [-0.2, 0) is 11.3 Å². The lowest BCUT2D eigenvalue weighted by Crippen LogP contribution is -2.06. The molecule has 0 aliphatic heterocycles. The maximum atomic E-state index is 9.42. The monoisotopic (exact) mass is 265 g/mol. The highest BCUT2D eigenvalue weighted by Crippen LogP contribution is 2.24. The molecular weight excluding hydrogens is 250 g/mol. The third-order valence-electron chi connectivity index (χ3n) is 2.73. The highest BCUT2D eigenvalue weighted by molar-refractivity contribution is 7.71. The van der Waals surface area contributed by atoms with E-state index < -0.39 is 0 Å². The summed E-state index contributed by atoms with van der Waals surface area (Å²) in [7, 11) is 1.65. The average Bonchev–Trinajstić information content (AvgIpc) is 2.68. The van der Waals surface area contributed by atoms with E-state index in [1.807, 2.05) is 17.6 Å². The minimum atomic E-state index is 0.244. The molecule has 2 rings (SSSR count). The SMILES string of the molecule is COCCn1c(-c2ccc(O)cc2C)n[nH]c1=S. The first-order valence-corrected chi connectivity index (χ1v) is 5.98. The Morgan fingerprint density at radius 2 is 2.28 bits per heavy atom. The number of aromatic amines is 1. The molecule has 0 amide bonds. The molecule has 0 unspecified atom stereocenters. The van der Waals surface area contributed by atoms with Crippen LogP contribution in [0.5, 0.6) is 5.75 Å². The summed E-state index contributed by atoms with van der Waals surface area (Å²) in [5.41, 5.74) is 1.89. The van der Waals surface area contributed by atoms with Crippen LogP contribution in [0.15, 0.2) is 18.2 Å². The number of aryl methyl sites for hydroxylation is 1. The van der Waals surface area contributed by atoms with Crippen molar-refractivity contribution in [1.29, 1.82) is 0 Å². The zero-order chi connectivity index (χ0) is 13.1. The molecule has 0 fully saturated rings. The van der Waals surface area contributed by atoms with E-state index in [0.29, 0.717) is 17.9 Å². The van der Waals surface area contributed by atoms with Crippen molar-refractivity contribution in [1.82, 2.24) is 14.8 Å². The van der Waals surface area contributed by atoms with Gasteiger partial charge in [0.15, 0.2) is 10.6 Å². The summed E-state index contributed by atoms with van der Waals surface area (Å²) in [6, 6.07) is 5.17. The van der Waals surface area contributed by atoms with Crippen molar-refractivity contribution in [2.45, 2.75) is 13.5 Å². The van der Waals surface area contributed by atoms with Crippen LogP contribution in [0.3, 0.4) is 0 Å². The number of nitrogens with one attached hydrogen (secondary N) is 1. The second kappa shape index (κ2) is 5.32. The lowest BCUT2D eigenvalue weighted by Gasteiger charge is -2.08. The Balaban J connectivity index is 2.47. The van der Waals surface area contributed by atoms with Gasteiger partial charge in [0, 0.05) is 12.7 Å². The lowest BCUT2D eigenvalue weighted by atomic mass is 10.1. The fraction of sp³-hybridized carbons (Fsp3) is 0.333. The largest absolute Gasteiger partial charge is 0.508 e. The van der Waals surface area contributed by atoms with Gasteiger partial charge in [-0.15, -0.1) is 0 Å². The number of hydrogen-bond donors (Lipinski definition) is 2. The fourth-order valence-corrected chi connectivity index (χ4v) is 2.04. The van der Waals surface area contributed by atoms with E-state index in [1.54, 1.807) is 19.2 Å². The molecule has 6 heteroatoms. The molecule has 18 heavy (non-hydrogen) atoms. The summed E-state index contributed by atoms with van der Waals surface area (Å²) in [6.45, 7) is 3.13. The summed E-state index contributed by atoms with van der Waals surface area (Å²) in [5.74, 6) is 1.00. The predicted octanol–water partition coefficient (Wildman–Crippen LogP) is 2.27. The summed E-state index contributed by atoms with van der Waals surface area (Å²) in [6.07, 6.45) is 0. The molecule has 2 aromatic rings. The minimum Gasteiger partial charge on any atom is -0.508 e. The Hall–Kier alpha value is -1.66. The third-order valence-corrected chi connectivity index (χ3v) is 3.04. The van der Waals surface area contributed by atoms with E-state index in [0.717, 1.165) is 17.0 Å². The van der Waals surface area contributed by atoms with Gasteiger partial charge < -0.3 is 9.84 Å². The van der Waals surface area contributed by atoms with Crippen molar-refractivity contribution in [3.05, 3.63) is 28.5 Å². The van der Waals surface area contributed by atoms with Crippen LogP contribution in [0.4, 0.5) is 0 Å². The highest BCUT2D eigenvalue weighted by Gasteiger charge is 2.11. The normalized spacial score (nSPS) is 10.8. The number of benzene rings is 1. The zero-order valence-corrected chi connectivity index (χ0v) is 11.1. The molecule has 0 saturated heterocycles. The van der Waals surface area contributed by atoms with Crippen LogP contribution in [0.25, 0.3) is 11.4 Å². The number of rotatable bonds is 4. The van der Waals surface area contributed by atoms with E-state index in [4.69, 9.17) is 17.0 Å². The van der Waals surface area contributed by atoms with Crippen molar-refractivity contribution in [2.75, 3.05) is 13.7 Å². The van der Waals surface area contributed by atoms with Gasteiger partial charge in [-0.05, 0) is 42.9 Å². The average molecular weight is 265 g/mol. The highest BCUT2D eigenvalue weighted by atomic mass is 32.1. The van der Waals surface area contributed by atoms with Crippen LogP contribution in [0, 0.1) is 11.7 Å². The van der Waals surface area contributed by atoms with Gasteiger partial charge in [-0.3, -0.25) is 9.67 Å². The van der Waals surface area contributed by atoms with E-state index in [2.05, 4.69) is 10.2 Å². The number of H-pyrrole nitrogens is 1. The summed E-state index contributed by atoms with van der Waals surface area (Å²) in [4.78, 5) is 0. The summed E-state index contributed by atoms with van der Waals surface area (Å²) >= 11 is 5.20. The molecule has 0 aliphatic carbocycles. The molecule has 5 nitrogen and oxygen atoms in total. The predicted molar refractivity (Wildman–Crippen MR) is 71.1 cm³/mol. The van der Waals surface area contributed by atoms with Crippen LogP contribution >= 0.6 is 12.2 Å². The number of ether oxygens (including phenoxy) is 1. The molecule has 1 heterocycles. The number of aromatic hydroxyl groups is 1. The number of methoxy groups -OCH3 is 1. The van der Waals surface area contributed by atoms with Crippen molar-refractivity contribution >= 4 is 12.2 Å². The van der Waals surface area contributed by atoms with Crippen LogP contribution in [0.2, 0.25) is 0 Å². The Kier molecular flexibility index (Phi) is 3.78. The zero-order valence-electron chi connectivity index (χ0n) is 10.3. The first-order chi connectivity index (χ1) is 8.63. The van der Waals surface area contributed by atoms with Gasteiger partial charge in [-0.2, -0.15) is 5.10 Å². The standard InChI is InChI=1S/C12H15N3O2S/c1-8-7-9(16)3-4-10(8)11-13-14-12(18)15(11)5-6-17-2/h3-4,7,16H,5-6H2,1-2H3,(H,14,18). The third kappa shape index (κ3) is 2.44. The molecule has 0 aliphatic rings. The maximum absolute atomic E-state index is 9.42. The molecule has 0 saturated carbocycles. The van der Waals surface area contributed by atoms with Crippen molar-refractivity contribution in [3.8, 4) is 17.1 Å².